The molecule has 16 nitrogen and oxygen atoms in total. The second-order valence-electron chi connectivity index (χ2n) is 13.5. The minimum atomic E-state index is -0.832. The molecule has 0 aliphatic heterocycles. The van der Waals surface area contributed by atoms with Gasteiger partial charge in [-0.3, -0.25) is 40.5 Å². The molecule has 0 atom stereocenters. The van der Waals surface area contributed by atoms with Crippen LogP contribution in [0.2, 0.25) is 0 Å². The molecular formula is C42H28N8O8. The predicted molar refractivity (Wildman–Crippen MR) is 225 cm³/mol. The van der Waals surface area contributed by atoms with Gasteiger partial charge in [-0.05, 0) is 125 Å². The van der Waals surface area contributed by atoms with Crippen molar-refractivity contribution in [1.29, 1.82) is 0 Å². The van der Waals surface area contributed by atoms with Gasteiger partial charge in [-0.15, -0.1) is 0 Å². The van der Waals surface area contributed by atoms with E-state index in [1.54, 1.807) is 97.1 Å². The SMILES string of the molecule is Nc1ccc(-c2c3cc([N+](=O)[O-])c([N+](=O)[O-])cc3c(-c3ccc(N)cc3)c3c(-c4ccc(N)cc4)c4cc([N+](=O)[O-])c([N+](=O)[O-])cc4c(-c4ccc(N)cc4)c23)cc1. The van der Waals surface area contributed by atoms with Crippen LogP contribution >= 0.6 is 0 Å². The Kier molecular flexibility index (Phi) is 8.50. The van der Waals surface area contributed by atoms with Crippen molar-refractivity contribution in [2.45, 2.75) is 0 Å². The third-order valence-corrected chi connectivity index (χ3v) is 10.1. The minimum Gasteiger partial charge on any atom is -0.399 e. The lowest BCUT2D eigenvalue weighted by Crippen LogP contribution is -2.02. The Hall–Kier alpha value is -8.66. The molecule has 0 saturated heterocycles. The van der Waals surface area contributed by atoms with Gasteiger partial charge in [0.1, 0.15) is 0 Å². The van der Waals surface area contributed by atoms with Crippen LogP contribution in [0.4, 0.5) is 45.5 Å². The molecule has 0 aromatic heterocycles. The molecule has 0 amide bonds. The maximum Gasteiger partial charge on any atom is 0.346 e. The quantitative estimate of drug-likeness (QED) is 0.0486. The van der Waals surface area contributed by atoms with E-state index in [0.29, 0.717) is 78.0 Å². The van der Waals surface area contributed by atoms with Gasteiger partial charge in [0, 0.05) is 47.0 Å². The molecule has 0 spiro atoms. The molecule has 0 aliphatic carbocycles. The summed E-state index contributed by atoms with van der Waals surface area (Å²) in [5.41, 5.74) is 26.4. The minimum absolute atomic E-state index is 0.220. The molecule has 8 rings (SSSR count). The molecule has 0 bridgehead atoms. The summed E-state index contributed by atoms with van der Waals surface area (Å²) in [7, 11) is 0. The van der Waals surface area contributed by atoms with Crippen LogP contribution in [0.15, 0.2) is 121 Å². The van der Waals surface area contributed by atoms with Crippen molar-refractivity contribution in [2.75, 3.05) is 22.9 Å². The molecular weight excluding hydrogens is 745 g/mol. The normalized spacial score (nSPS) is 11.2. The van der Waals surface area contributed by atoms with E-state index in [2.05, 4.69) is 0 Å². The Morgan fingerprint density at radius 1 is 0.310 bits per heavy atom. The zero-order valence-corrected chi connectivity index (χ0v) is 29.9. The van der Waals surface area contributed by atoms with Gasteiger partial charge >= 0.3 is 22.7 Å². The molecule has 0 fully saturated rings. The lowest BCUT2D eigenvalue weighted by Gasteiger charge is -2.25. The fourth-order valence-electron chi connectivity index (χ4n) is 7.65. The van der Waals surface area contributed by atoms with Gasteiger partial charge in [0.25, 0.3) is 0 Å². The van der Waals surface area contributed by atoms with Gasteiger partial charge < -0.3 is 22.9 Å². The third kappa shape index (κ3) is 5.89. The standard InChI is InChI=1S/C42H28N8O8/c43-25-9-1-21(2-10-25)37-29-17-33(47(51)52)34(48(53)54)18-30(29)39(23-5-13-27(45)14-6-23)42-40(24-7-15-28(46)16-8-24)32-20-36(50(57)58)35(49(55)56)19-31(32)38(41(37)42)22-3-11-26(44)12-4-22/h1-20H,43-46H2. The maximum atomic E-state index is 12.6. The van der Waals surface area contributed by atoms with Crippen LogP contribution in [-0.4, -0.2) is 19.7 Å². The molecule has 0 saturated carbocycles. The van der Waals surface area contributed by atoms with Crippen molar-refractivity contribution >= 4 is 77.8 Å². The summed E-state index contributed by atoms with van der Waals surface area (Å²) in [6.45, 7) is 0. The molecule has 58 heavy (non-hydrogen) atoms. The summed E-state index contributed by atoms with van der Waals surface area (Å²) in [6.07, 6.45) is 0. The molecule has 8 N–H and O–H groups in total. The summed E-state index contributed by atoms with van der Waals surface area (Å²) in [5.74, 6) is 0. The zero-order valence-electron chi connectivity index (χ0n) is 29.9. The lowest BCUT2D eigenvalue weighted by atomic mass is 9.77. The van der Waals surface area contributed by atoms with Crippen molar-refractivity contribution in [3.8, 4) is 44.5 Å². The maximum absolute atomic E-state index is 12.6. The lowest BCUT2D eigenvalue weighted by molar-refractivity contribution is -0.422. The average Bonchev–Trinajstić information content (AvgIpc) is 3.19. The van der Waals surface area contributed by atoms with Crippen LogP contribution < -0.4 is 22.9 Å². The Labute approximate surface area is 326 Å². The smallest absolute Gasteiger partial charge is 0.346 e. The molecule has 8 aromatic carbocycles. The van der Waals surface area contributed by atoms with E-state index in [1.165, 1.54) is 0 Å². The second-order valence-corrected chi connectivity index (χ2v) is 13.5. The van der Waals surface area contributed by atoms with E-state index in [4.69, 9.17) is 22.9 Å². The van der Waals surface area contributed by atoms with Gasteiger partial charge in [-0.25, -0.2) is 0 Å². The third-order valence-electron chi connectivity index (χ3n) is 10.1. The monoisotopic (exact) mass is 772 g/mol. The van der Waals surface area contributed by atoms with Crippen molar-refractivity contribution in [1.82, 2.24) is 0 Å². The van der Waals surface area contributed by atoms with Crippen LogP contribution in [0.25, 0.3) is 76.8 Å². The van der Waals surface area contributed by atoms with Crippen LogP contribution in [0.3, 0.4) is 0 Å². The number of nitrogens with zero attached hydrogens (tertiary/aromatic N) is 4. The first kappa shape index (κ1) is 36.3. The predicted octanol–water partition coefficient (Wildman–Crippen LogP) is 9.78. The van der Waals surface area contributed by atoms with Gasteiger partial charge in [0.05, 0.1) is 19.7 Å². The van der Waals surface area contributed by atoms with Crippen molar-refractivity contribution in [2.24, 2.45) is 0 Å². The molecule has 0 radical (unpaired) electrons. The number of benzene rings is 8. The van der Waals surface area contributed by atoms with E-state index in [-0.39, 0.29) is 21.5 Å². The Morgan fingerprint density at radius 2 is 0.483 bits per heavy atom. The van der Waals surface area contributed by atoms with Gasteiger partial charge in [-0.1, -0.05) is 48.5 Å². The van der Waals surface area contributed by atoms with E-state index < -0.39 is 42.4 Å². The summed E-state index contributed by atoms with van der Waals surface area (Å²) in [5, 5.41) is 52.1. The first-order chi connectivity index (χ1) is 27.7. The first-order valence-corrected chi connectivity index (χ1v) is 17.4. The number of hydrogen-bond acceptors (Lipinski definition) is 12. The second kappa shape index (κ2) is 13.6. The van der Waals surface area contributed by atoms with Gasteiger partial charge in [-0.2, -0.15) is 0 Å². The number of nitro groups is 4. The van der Waals surface area contributed by atoms with Crippen molar-refractivity contribution in [3.63, 3.8) is 0 Å². The molecule has 8 aromatic rings. The number of fused-ring (bicyclic) bond motifs is 3. The molecule has 16 heteroatoms. The summed E-state index contributed by atoms with van der Waals surface area (Å²) >= 11 is 0. The highest BCUT2D eigenvalue weighted by atomic mass is 16.6. The zero-order chi connectivity index (χ0) is 41.2. The Morgan fingerprint density at radius 3 is 0.638 bits per heavy atom. The Bertz CT molecular complexity index is 2670. The number of anilines is 4. The summed E-state index contributed by atoms with van der Waals surface area (Å²) < 4.78 is 0. The van der Waals surface area contributed by atoms with Crippen LogP contribution in [0, 0.1) is 40.5 Å². The topological polar surface area (TPSA) is 277 Å². The number of nitrogen functional groups attached to an aromatic ring is 4. The highest BCUT2D eigenvalue weighted by Gasteiger charge is 2.34. The summed E-state index contributed by atoms with van der Waals surface area (Å²) in [4.78, 5) is 47.1. The highest BCUT2D eigenvalue weighted by Crippen LogP contribution is 2.56. The number of hydrogen-bond donors (Lipinski definition) is 4. The van der Waals surface area contributed by atoms with Gasteiger partial charge in [0.2, 0.25) is 0 Å². The van der Waals surface area contributed by atoms with Crippen molar-refractivity contribution < 1.29 is 19.7 Å². The first-order valence-electron chi connectivity index (χ1n) is 17.4. The van der Waals surface area contributed by atoms with E-state index in [9.17, 15) is 40.5 Å². The highest BCUT2D eigenvalue weighted by molar-refractivity contribution is 6.34. The van der Waals surface area contributed by atoms with Crippen molar-refractivity contribution in [3.05, 3.63) is 162 Å². The van der Waals surface area contributed by atoms with E-state index in [1.807, 2.05) is 0 Å². The molecule has 0 heterocycles. The summed E-state index contributed by atoms with van der Waals surface area (Å²) in [6, 6.07) is 31.1. The molecule has 0 unspecified atom stereocenters. The fraction of sp³-hybridized carbons (Fsp3) is 0. The van der Waals surface area contributed by atoms with Crippen LogP contribution in [-0.2, 0) is 0 Å². The van der Waals surface area contributed by atoms with E-state index in [0.717, 1.165) is 24.3 Å². The number of rotatable bonds is 8. The Balaban J connectivity index is 1.84. The fourth-order valence-corrected chi connectivity index (χ4v) is 7.65. The van der Waals surface area contributed by atoms with Crippen LogP contribution in [0.1, 0.15) is 0 Å². The number of nitro benzene ring substituents is 4. The molecule has 284 valence electrons. The number of nitrogens with two attached hydrogens (primary N) is 4. The van der Waals surface area contributed by atoms with E-state index >= 15 is 0 Å². The van der Waals surface area contributed by atoms with Crippen LogP contribution in [0.5, 0.6) is 0 Å². The average molecular weight is 773 g/mol. The largest absolute Gasteiger partial charge is 0.399 e. The molecule has 0 aliphatic rings. The van der Waals surface area contributed by atoms with Gasteiger partial charge in [0.15, 0.2) is 0 Å².